The number of benzene rings is 1. The van der Waals surface area contributed by atoms with Crippen molar-refractivity contribution in [1.82, 2.24) is 0 Å². The van der Waals surface area contributed by atoms with E-state index in [0.717, 1.165) is 6.26 Å². The average Bonchev–Trinajstić information content (AvgIpc) is 2.19. The molecule has 80 valence electrons. The third-order valence-electron chi connectivity index (χ3n) is 1.67. The Morgan fingerprint density at radius 1 is 1.40 bits per heavy atom. The first-order chi connectivity index (χ1) is 7.03. The van der Waals surface area contributed by atoms with Crippen molar-refractivity contribution in [2.45, 2.75) is 6.10 Å². The lowest BCUT2D eigenvalue weighted by Crippen LogP contribution is -2.10. The summed E-state index contributed by atoms with van der Waals surface area (Å²) >= 11 is 0. The lowest BCUT2D eigenvalue weighted by atomic mass is 10.1. The second kappa shape index (κ2) is 4.91. The van der Waals surface area contributed by atoms with Crippen LogP contribution in [0.5, 0.6) is 0 Å². The predicted octanol–water partition coefficient (Wildman–Crippen LogP) is 1.27. The van der Waals surface area contributed by atoms with Gasteiger partial charge in [-0.05, 0) is 5.56 Å². The topological polar surface area (TPSA) is 67.2 Å². The minimum Gasteiger partial charge on any atom is -0.343 e. The number of nitrogens with zero attached hydrogens (tertiary/aromatic N) is 1. The van der Waals surface area contributed by atoms with E-state index in [-0.39, 0.29) is 0 Å². The maximum absolute atomic E-state index is 10.8. The van der Waals surface area contributed by atoms with Crippen molar-refractivity contribution in [3.63, 3.8) is 0 Å². The van der Waals surface area contributed by atoms with E-state index in [4.69, 9.17) is 10.00 Å². The molecule has 1 atom stereocenters. The predicted molar refractivity (Wildman–Crippen MR) is 55.6 cm³/mol. The average molecular weight is 225 g/mol. The Kier molecular flexibility index (Phi) is 3.83. The highest BCUT2D eigenvalue weighted by Gasteiger charge is 2.13. The number of hydrogen-bond acceptors (Lipinski definition) is 4. The number of nitriles is 1. The Labute approximate surface area is 89.0 Å². The van der Waals surface area contributed by atoms with Gasteiger partial charge in [-0.15, -0.1) is 0 Å². The van der Waals surface area contributed by atoms with Crippen LogP contribution in [0, 0.1) is 11.3 Å². The number of sulfone groups is 1. The van der Waals surface area contributed by atoms with Crippen molar-refractivity contribution in [3.8, 4) is 6.07 Å². The largest absolute Gasteiger partial charge is 0.343 e. The molecule has 0 fully saturated rings. The van der Waals surface area contributed by atoms with Gasteiger partial charge in [0.1, 0.15) is 5.94 Å². The van der Waals surface area contributed by atoms with E-state index in [0.29, 0.717) is 5.56 Å². The normalized spacial score (nSPS) is 13.1. The van der Waals surface area contributed by atoms with E-state index in [1.807, 2.05) is 12.1 Å². The molecule has 0 saturated heterocycles. The van der Waals surface area contributed by atoms with Crippen molar-refractivity contribution in [1.29, 1.82) is 5.26 Å². The fourth-order valence-electron chi connectivity index (χ4n) is 1.03. The highest BCUT2D eigenvalue weighted by atomic mass is 32.2. The van der Waals surface area contributed by atoms with Crippen LogP contribution in [0.25, 0.3) is 0 Å². The first-order valence-electron chi connectivity index (χ1n) is 4.27. The second-order valence-electron chi connectivity index (χ2n) is 3.13. The molecule has 4 nitrogen and oxygen atoms in total. The minimum absolute atomic E-state index is 0.444. The van der Waals surface area contributed by atoms with Gasteiger partial charge < -0.3 is 4.74 Å². The van der Waals surface area contributed by atoms with Crippen LogP contribution >= 0.6 is 0 Å². The number of hydrogen-bond donors (Lipinski definition) is 0. The summed E-state index contributed by atoms with van der Waals surface area (Å²) in [5, 5.41) is 8.81. The molecule has 1 unspecified atom stereocenters. The van der Waals surface area contributed by atoms with Gasteiger partial charge in [-0.1, -0.05) is 30.3 Å². The molecule has 0 aromatic heterocycles. The SMILES string of the molecule is CS(=O)(=O)COC(C#N)c1ccccc1. The molecule has 0 bridgehead atoms. The van der Waals surface area contributed by atoms with E-state index in [1.165, 1.54) is 0 Å². The van der Waals surface area contributed by atoms with Gasteiger partial charge in [0.2, 0.25) is 0 Å². The molecule has 0 N–H and O–H groups in total. The molecule has 5 heteroatoms. The Balaban J connectivity index is 2.71. The van der Waals surface area contributed by atoms with E-state index in [9.17, 15) is 8.42 Å². The maximum Gasteiger partial charge on any atom is 0.171 e. The molecule has 0 aliphatic carbocycles. The van der Waals surface area contributed by atoms with Crippen LogP contribution < -0.4 is 0 Å². The van der Waals surface area contributed by atoms with E-state index in [1.54, 1.807) is 24.3 Å². The summed E-state index contributed by atoms with van der Waals surface area (Å²) in [7, 11) is -3.21. The van der Waals surface area contributed by atoms with Gasteiger partial charge in [-0.2, -0.15) is 5.26 Å². The van der Waals surface area contributed by atoms with Crippen LogP contribution in [0.1, 0.15) is 11.7 Å². The summed E-state index contributed by atoms with van der Waals surface area (Å²) in [5.74, 6) is -0.444. The lowest BCUT2D eigenvalue weighted by molar-refractivity contribution is 0.129. The third-order valence-corrected chi connectivity index (χ3v) is 2.23. The highest BCUT2D eigenvalue weighted by molar-refractivity contribution is 7.90. The fourth-order valence-corrected chi connectivity index (χ4v) is 1.41. The zero-order chi connectivity index (χ0) is 11.3. The summed E-state index contributed by atoms with van der Waals surface area (Å²) in [6, 6.07) is 10.7. The smallest absolute Gasteiger partial charge is 0.171 e. The Hall–Kier alpha value is -1.38. The van der Waals surface area contributed by atoms with Gasteiger partial charge in [0.15, 0.2) is 15.9 Å². The molecule has 1 aromatic rings. The summed E-state index contributed by atoms with van der Waals surface area (Å²) < 4.78 is 26.7. The first kappa shape index (κ1) is 11.7. The summed E-state index contributed by atoms with van der Waals surface area (Å²) in [6.07, 6.45) is 0.229. The van der Waals surface area contributed by atoms with Crippen molar-refractivity contribution in [3.05, 3.63) is 35.9 Å². The molecule has 0 spiro atoms. The van der Waals surface area contributed by atoms with Crippen molar-refractivity contribution in [2.24, 2.45) is 0 Å². The van der Waals surface area contributed by atoms with E-state index >= 15 is 0 Å². The van der Waals surface area contributed by atoms with Crippen LogP contribution in [0.15, 0.2) is 30.3 Å². The molecule has 0 saturated carbocycles. The van der Waals surface area contributed by atoms with Crippen LogP contribution in [0.3, 0.4) is 0 Å². The summed E-state index contributed by atoms with van der Waals surface area (Å²) in [4.78, 5) is 0. The molecular weight excluding hydrogens is 214 g/mol. The number of rotatable bonds is 4. The molecule has 0 radical (unpaired) electrons. The zero-order valence-corrected chi connectivity index (χ0v) is 9.07. The van der Waals surface area contributed by atoms with Crippen molar-refractivity contribution < 1.29 is 13.2 Å². The second-order valence-corrected chi connectivity index (χ2v) is 5.22. The van der Waals surface area contributed by atoms with Gasteiger partial charge in [0, 0.05) is 6.26 Å². The molecule has 0 aliphatic rings. The summed E-state index contributed by atoms with van der Waals surface area (Å²) in [5.41, 5.74) is 0.656. The van der Waals surface area contributed by atoms with Crippen LogP contribution in [0.2, 0.25) is 0 Å². The molecule has 15 heavy (non-hydrogen) atoms. The van der Waals surface area contributed by atoms with Crippen LogP contribution in [-0.4, -0.2) is 20.6 Å². The van der Waals surface area contributed by atoms with Gasteiger partial charge in [0.25, 0.3) is 0 Å². The van der Waals surface area contributed by atoms with Crippen LogP contribution in [-0.2, 0) is 14.6 Å². The maximum atomic E-state index is 10.8. The Morgan fingerprint density at radius 2 is 2.00 bits per heavy atom. The molecule has 0 heterocycles. The minimum atomic E-state index is -3.21. The lowest BCUT2D eigenvalue weighted by Gasteiger charge is -2.09. The van der Waals surface area contributed by atoms with Gasteiger partial charge in [-0.3, -0.25) is 0 Å². The monoisotopic (exact) mass is 225 g/mol. The molecule has 1 aromatic carbocycles. The molecule has 0 amide bonds. The number of ether oxygens (including phenoxy) is 1. The fraction of sp³-hybridized carbons (Fsp3) is 0.300. The van der Waals surface area contributed by atoms with Crippen molar-refractivity contribution in [2.75, 3.05) is 12.2 Å². The van der Waals surface area contributed by atoms with E-state index in [2.05, 4.69) is 0 Å². The van der Waals surface area contributed by atoms with Gasteiger partial charge in [-0.25, -0.2) is 8.42 Å². The standard InChI is InChI=1S/C10H11NO3S/c1-15(12,13)8-14-10(7-11)9-5-3-2-4-6-9/h2-6,10H,8H2,1H3. The van der Waals surface area contributed by atoms with Gasteiger partial charge >= 0.3 is 0 Å². The molecule has 0 aliphatic heterocycles. The zero-order valence-electron chi connectivity index (χ0n) is 8.25. The Morgan fingerprint density at radius 3 is 2.47 bits per heavy atom. The summed E-state index contributed by atoms with van der Waals surface area (Å²) in [6.45, 7) is 0. The molecular formula is C10H11NO3S. The van der Waals surface area contributed by atoms with Crippen molar-refractivity contribution >= 4 is 9.84 Å². The molecule has 1 rings (SSSR count). The Bertz CT molecular complexity index is 447. The third kappa shape index (κ3) is 4.11. The highest BCUT2D eigenvalue weighted by Crippen LogP contribution is 2.16. The van der Waals surface area contributed by atoms with E-state index < -0.39 is 21.9 Å². The van der Waals surface area contributed by atoms with Gasteiger partial charge in [0.05, 0.1) is 6.07 Å². The first-order valence-corrected chi connectivity index (χ1v) is 6.33. The van der Waals surface area contributed by atoms with Crippen LogP contribution in [0.4, 0.5) is 0 Å². The quantitative estimate of drug-likeness (QED) is 0.773.